The molecule has 0 unspecified atom stereocenters. The Morgan fingerprint density at radius 3 is 2.46 bits per heavy atom. The van der Waals surface area contributed by atoms with E-state index in [1.165, 1.54) is 18.8 Å². The molecule has 3 heterocycles. The summed E-state index contributed by atoms with van der Waals surface area (Å²) in [5.41, 5.74) is 2.56. The molecule has 0 saturated carbocycles. The van der Waals surface area contributed by atoms with E-state index in [2.05, 4.69) is 9.73 Å². The van der Waals surface area contributed by atoms with E-state index in [4.69, 9.17) is 23.4 Å². The predicted molar refractivity (Wildman–Crippen MR) is 176 cm³/mol. The van der Waals surface area contributed by atoms with Crippen LogP contribution < -0.4 is 24.4 Å². The quantitative estimate of drug-likeness (QED) is 0.168. The van der Waals surface area contributed by atoms with Crippen LogP contribution in [0.4, 0.5) is 0 Å². The van der Waals surface area contributed by atoms with Crippen LogP contribution in [0.5, 0.6) is 11.5 Å². The topological polar surface area (TPSA) is 145 Å². The summed E-state index contributed by atoms with van der Waals surface area (Å²) in [6.45, 7) is 7.08. The fourth-order valence-electron chi connectivity index (χ4n) is 5.32. The Kier molecular flexibility index (Phi) is 10.3. The summed E-state index contributed by atoms with van der Waals surface area (Å²) >= 11 is 1.15. The molecule has 0 fully saturated rings. The van der Waals surface area contributed by atoms with Crippen LogP contribution in [-0.4, -0.2) is 56.5 Å². The van der Waals surface area contributed by atoms with Gasteiger partial charge in [-0.1, -0.05) is 29.5 Å². The van der Waals surface area contributed by atoms with Crippen molar-refractivity contribution < 1.29 is 42.5 Å². The van der Waals surface area contributed by atoms with E-state index in [0.717, 1.165) is 11.3 Å². The average Bonchev–Trinajstić information content (AvgIpc) is 3.66. The van der Waals surface area contributed by atoms with Crippen LogP contribution in [0.15, 0.2) is 74.0 Å². The maximum absolute atomic E-state index is 14.1. The molecule has 4 aromatic rings. The number of allylic oxidation sites excluding steroid dienone is 1. The van der Waals surface area contributed by atoms with Gasteiger partial charge in [0.2, 0.25) is 0 Å². The van der Waals surface area contributed by atoms with Crippen LogP contribution in [0.2, 0.25) is 0 Å². The lowest BCUT2D eigenvalue weighted by molar-refractivity contribution is -0.143. The molecule has 0 amide bonds. The molecule has 2 aromatic heterocycles. The van der Waals surface area contributed by atoms with Crippen molar-refractivity contribution >= 4 is 35.3 Å². The van der Waals surface area contributed by atoms with Crippen molar-refractivity contribution in [3.05, 3.63) is 102 Å². The predicted octanol–water partition coefficient (Wildman–Crippen LogP) is 4.10. The number of hydrogen-bond donors (Lipinski definition) is 0. The summed E-state index contributed by atoms with van der Waals surface area (Å²) in [5, 5.41) is 0. The van der Waals surface area contributed by atoms with Gasteiger partial charge in [-0.3, -0.25) is 9.36 Å². The standard InChI is InChI=1S/C35H34N2O10S/c1-7-44-27-16-21(12-14-26(27)46-18-29(38)42-5)31-30(34(41)45-8-2)20(4)36-35-37(31)32(39)28(48-35)17-22-13-15-25(47-22)23-10-9-11-24(19(23)3)33(40)43-6/h9-17,31H,7-8,18H2,1-6H3/b28-17-/t31-/m1/s1. The third-order valence-corrected chi connectivity index (χ3v) is 8.56. The second-order valence-electron chi connectivity index (χ2n) is 10.5. The number of ether oxygens (including phenoxy) is 5. The molecule has 0 bridgehead atoms. The van der Waals surface area contributed by atoms with Gasteiger partial charge in [0.1, 0.15) is 11.5 Å². The minimum atomic E-state index is -0.910. The third-order valence-electron chi connectivity index (χ3n) is 7.58. The van der Waals surface area contributed by atoms with E-state index >= 15 is 0 Å². The second-order valence-corrected chi connectivity index (χ2v) is 11.5. The van der Waals surface area contributed by atoms with Crippen molar-refractivity contribution in [3.63, 3.8) is 0 Å². The van der Waals surface area contributed by atoms with E-state index in [-0.39, 0.29) is 31.1 Å². The largest absolute Gasteiger partial charge is 0.490 e. The maximum Gasteiger partial charge on any atom is 0.343 e. The number of rotatable bonds is 11. The monoisotopic (exact) mass is 674 g/mol. The van der Waals surface area contributed by atoms with Crippen molar-refractivity contribution in [1.29, 1.82) is 0 Å². The fourth-order valence-corrected chi connectivity index (χ4v) is 6.35. The number of benzene rings is 2. The summed E-state index contributed by atoms with van der Waals surface area (Å²) < 4.78 is 34.3. The highest BCUT2D eigenvalue weighted by Gasteiger charge is 2.34. The molecule has 1 atom stereocenters. The Hall–Kier alpha value is -5.43. The van der Waals surface area contributed by atoms with E-state index in [9.17, 15) is 19.2 Å². The molecule has 13 heteroatoms. The molecule has 0 N–H and O–H groups in total. The summed E-state index contributed by atoms with van der Waals surface area (Å²) in [6, 6.07) is 12.8. The normalized spacial score (nSPS) is 14.2. The number of carbonyl (C=O) groups excluding carboxylic acids is 3. The Balaban J connectivity index is 1.61. The molecule has 250 valence electrons. The van der Waals surface area contributed by atoms with Gasteiger partial charge in [-0.05, 0) is 69.2 Å². The van der Waals surface area contributed by atoms with Gasteiger partial charge >= 0.3 is 17.9 Å². The van der Waals surface area contributed by atoms with Gasteiger partial charge in [0, 0.05) is 11.6 Å². The number of aromatic nitrogens is 1. The lowest BCUT2D eigenvalue weighted by Gasteiger charge is -2.25. The number of esters is 3. The molecular weight excluding hydrogens is 640 g/mol. The van der Waals surface area contributed by atoms with Gasteiger partial charge in [0.05, 0.1) is 54.8 Å². The highest BCUT2D eigenvalue weighted by molar-refractivity contribution is 7.07. The van der Waals surface area contributed by atoms with Crippen molar-refractivity contribution in [2.45, 2.75) is 33.7 Å². The fraction of sp³-hybridized carbons (Fsp3) is 0.286. The van der Waals surface area contributed by atoms with Crippen LogP contribution in [-0.2, 0) is 23.8 Å². The Morgan fingerprint density at radius 1 is 0.958 bits per heavy atom. The smallest absolute Gasteiger partial charge is 0.343 e. The first kappa shape index (κ1) is 33.9. The first-order valence-corrected chi connectivity index (χ1v) is 15.9. The molecule has 12 nitrogen and oxygen atoms in total. The van der Waals surface area contributed by atoms with Gasteiger partial charge in [-0.2, -0.15) is 0 Å². The molecule has 0 saturated heterocycles. The lowest BCUT2D eigenvalue weighted by atomic mass is 9.95. The van der Waals surface area contributed by atoms with E-state index in [0.29, 0.717) is 54.6 Å². The van der Waals surface area contributed by atoms with Crippen LogP contribution in [0.25, 0.3) is 17.4 Å². The summed E-state index contributed by atoms with van der Waals surface area (Å²) in [4.78, 5) is 56.4. The number of hydrogen-bond acceptors (Lipinski definition) is 12. The van der Waals surface area contributed by atoms with Crippen molar-refractivity contribution in [3.8, 4) is 22.8 Å². The Morgan fingerprint density at radius 2 is 1.75 bits per heavy atom. The Labute approximate surface area is 279 Å². The van der Waals surface area contributed by atoms with Crippen molar-refractivity contribution in [2.24, 2.45) is 4.99 Å². The zero-order chi connectivity index (χ0) is 34.5. The highest BCUT2D eigenvalue weighted by atomic mass is 32.1. The van der Waals surface area contributed by atoms with Crippen LogP contribution in [0.3, 0.4) is 0 Å². The van der Waals surface area contributed by atoms with E-state index in [1.807, 2.05) is 6.07 Å². The third kappa shape index (κ3) is 6.67. The molecule has 0 radical (unpaired) electrons. The second kappa shape index (κ2) is 14.6. The lowest BCUT2D eigenvalue weighted by Crippen LogP contribution is -2.40. The molecule has 0 aliphatic carbocycles. The SMILES string of the molecule is CCOC(=O)C1=C(C)N=c2s/c(=C\c3ccc(-c4cccc(C(=O)OC)c4C)o3)c(=O)n2[C@@H]1c1ccc(OCC(=O)OC)c(OCC)c1. The first-order valence-electron chi connectivity index (χ1n) is 15.1. The average molecular weight is 675 g/mol. The molecule has 48 heavy (non-hydrogen) atoms. The minimum absolute atomic E-state index is 0.125. The number of carbonyl (C=O) groups is 3. The summed E-state index contributed by atoms with van der Waals surface area (Å²) in [6.07, 6.45) is 1.61. The number of fused-ring (bicyclic) bond motifs is 1. The first-order chi connectivity index (χ1) is 23.1. The Bertz CT molecular complexity index is 2100. The zero-order valence-electron chi connectivity index (χ0n) is 27.3. The summed E-state index contributed by atoms with van der Waals surface area (Å²) in [5.74, 6) is -0.111. The van der Waals surface area contributed by atoms with E-state index < -0.39 is 29.5 Å². The van der Waals surface area contributed by atoms with Gasteiger partial charge in [0.15, 0.2) is 22.9 Å². The van der Waals surface area contributed by atoms with Crippen LogP contribution in [0, 0.1) is 6.92 Å². The summed E-state index contributed by atoms with van der Waals surface area (Å²) in [7, 11) is 2.59. The zero-order valence-corrected chi connectivity index (χ0v) is 28.1. The number of thiazole rings is 1. The van der Waals surface area contributed by atoms with Gasteiger partial charge in [0.25, 0.3) is 5.56 Å². The molecular formula is C35H34N2O10S. The molecule has 5 rings (SSSR count). The minimum Gasteiger partial charge on any atom is -0.490 e. The molecule has 1 aliphatic heterocycles. The van der Waals surface area contributed by atoms with Crippen molar-refractivity contribution in [1.82, 2.24) is 4.57 Å². The molecule has 0 spiro atoms. The number of nitrogens with zero attached hydrogens (tertiary/aromatic N) is 2. The maximum atomic E-state index is 14.1. The van der Waals surface area contributed by atoms with Gasteiger partial charge < -0.3 is 28.1 Å². The number of furan rings is 1. The van der Waals surface area contributed by atoms with E-state index in [1.54, 1.807) is 76.2 Å². The highest BCUT2D eigenvalue weighted by Crippen LogP contribution is 2.36. The van der Waals surface area contributed by atoms with Gasteiger partial charge in [-0.25, -0.2) is 19.4 Å². The molecule has 2 aromatic carbocycles. The van der Waals surface area contributed by atoms with Crippen molar-refractivity contribution in [2.75, 3.05) is 34.0 Å². The number of methoxy groups -OCH3 is 2. The molecule has 1 aliphatic rings. The van der Waals surface area contributed by atoms with Crippen LogP contribution in [0.1, 0.15) is 54.1 Å². The van der Waals surface area contributed by atoms with Crippen LogP contribution >= 0.6 is 11.3 Å². The van der Waals surface area contributed by atoms with Gasteiger partial charge in [-0.15, -0.1) is 0 Å².